The lowest BCUT2D eigenvalue weighted by Gasteiger charge is -2.36. The van der Waals surface area contributed by atoms with Crippen molar-refractivity contribution < 1.29 is 18.7 Å². The molecule has 164 valence electrons. The first kappa shape index (κ1) is 21.8. The van der Waals surface area contributed by atoms with Gasteiger partial charge < -0.3 is 15.0 Å². The molecule has 2 aliphatic heterocycles. The third-order valence-corrected chi connectivity index (χ3v) is 6.25. The Bertz CT molecular complexity index is 1170. The van der Waals surface area contributed by atoms with Gasteiger partial charge in [0.05, 0.1) is 30.8 Å². The quantitative estimate of drug-likeness (QED) is 0.654. The summed E-state index contributed by atoms with van der Waals surface area (Å²) in [7, 11) is 1.35. The Hall–Kier alpha value is -3.39. The van der Waals surface area contributed by atoms with Gasteiger partial charge in [0.25, 0.3) is 0 Å². The SMILES string of the molecule is COC(=O)C1=C(C)N=C2SC=C(CC(=O)Nc3ccc(F)cc3)N2[C@@H]1c1ccccc1C. The lowest BCUT2D eigenvalue weighted by atomic mass is 9.91. The fraction of sp³-hybridized carbons (Fsp3) is 0.208. The van der Waals surface area contributed by atoms with E-state index in [1.807, 2.05) is 41.5 Å². The van der Waals surface area contributed by atoms with E-state index in [4.69, 9.17) is 4.74 Å². The molecule has 2 aromatic carbocycles. The number of aryl methyl sites for hydroxylation is 1. The first-order valence-corrected chi connectivity index (χ1v) is 10.9. The number of anilines is 1. The van der Waals surface area contributed by atoms with E-state index in [0.717, 1.165) is 16.8 Å². The number of methoxy groups -OCH3 is 1. The Morgan fingerprint density at radius 2 is 1.88 bits per heavy atom. The zero-order chi connectivity index (χ0) is 22.8. The number of hydrogen-bond acceptors (Lipinski definition) is 6. The molecule has 32 heavy (non-hydrogen) atoms. The van der Waals surface area contributed by atoms with Crippen LogP contribution in [0.25, 0.3) is 0 Å². The van der Waals surface area contributed by atoms with Crippen molar-refractivity contribution >= 4 is 34.5 Å². The van der Waals surface area contributed by atoms with Crippen LogP contribution < -0.4 is 5.32 Å². The van der Waals surface area contributed by atoms with Crippen molar-refractivity contribution in [2.45, 2.75) is 26.3 Å². The minimum absolute atomic E-state index is 0.0687. The molecule has 4 rings (SSSR count). The third-order valence-electron chi connectivity index (χ3n) is 5.36. The minimum Gasteiger partial charge on any atom is -0.466 e. The molecule has 2 aliphatic rings. The van der Waals surface area contributed by atoms with Crippen molar-refractivity contribution in [3.05, 3.63) is 87.9 Å². The highest BCUT2D eigenvalue weighted by Gasteiger charge is 2.41. The fourth-order valence-electron chi connectivity index (χ4n) is 3.83. The summed E-state index contributed by atoms with van der Waals surface area (Å²) in [6.07, 6.45) is 0.0687. The molecule has 6 nitrogen and oxygen atoms in total. The standard InChI is InChI=1S/C24H22FN3O3S/c1-14-6-4-5-7-19(14)22-21(23(30)31-3)15(2)26-24-28(22)18(13-32-24)12-20(29)27-17-10-8-16(25)9-11-17/h4-11,13,22H,12H2,1-3H3,(H,27,29)/t22-/m1/s1. The van der Waals surface area contributed by atoms with Gasteiger partial charge in [-0.1, -0.05) is 36.0 Å². The van der Waals surface area contributed by atoms with E-state index in [1.165, 1.54) is 43.1 Å². The van der Waals surface area contributed by atoms with Crippen LogP contribution in [0.1, 0.15) is 30.5 Å². The molecule has 0 aromatic heterocycles. The maximum Gasteiger partial charge on any atom is 0.338 e. The van der Waals surface area contributed by atoms with Gasteiger partial charge in [-0.05, 0) is 54.6 Å². The fourth-order valence-corrected chi connectivity index (χ4v) is 4.80. The van der Waals surface area contributed by atoms with Crippen LogP contribution in [0.2, 0.25) is 0 Å². The molecule has 0 radical (unpaired) electrons. The largest absolute Gasteiger partial charge is 0.466 e. The van der Waals surface area contributed by atoms with Gasteiger partial charge >= 0.3 is 5.97 Å². The van der Waals surface area contributed by atoms with Crippen LogP contribution in [-0.4, -0.2) is 29.1 Å². The maximum absolute atomic E-state index is 13.2. The lowest BCUT2D eigenvalue weighted by molar-refractivity contribution is -0.136. The first-order valence-electron chi connectivity index (χ1n) is 10.0. The van der Waals surface area contributed by atoms with Crippen LogP contribution in [0.4, 0.5) is 10.1 Å². The van der Waals surface area contributed by atoms with Crippen molar-refractivity contribution in [3.8, 4) is 0 Å². The summed E-state index contributed by atoms with van der Waals surface area (Å²) < 4.78 is 18.2. The number of amides is 1. The molecule has 2 aromatic rings. The van der Waals surface area contributed by atoms with Crippen molar-refractivity contribution in [2.24, 2.45) is 4.99 Å². The number of rotatable bonds is 5. The average Bonchev–Trinajstić information content (AvgIpc) is 3.16. The smallest absolute Gasteiger partial charge is 0.338 e. The number of allylic oxidation sites excluding steroid dienone is 1. The molecule has 0 saturated heterocycles. The second kappa shape index (κ2) is 9.00. The first-order chi connectivity index (χ1) is 15.4. The molecule has 0 unspecified atom stereocenters. The lowest BCUT2D eigenvalue weighted by Crippen LogP contribution is -2.37. The Morgan fingerprint density at radius 3 is 2.56 bits per heavy atom. The van der Waals surface area contributed by atoms with Crippen molar-refractivity contribution in [2.75, 3.05) is 12.4 Å². The number of nitrogens with zero attached hydrogens (tertiary/aromatic N) is 2. The van der Waals surface area contributed by atoms with E-state index >= 15 is 0 Å². The number of ether oxygens (including phenoxy) is 1. The number of thioether (sulfide) groups is 1. The number of fused-ring (bicyclic) bond motifs is 1. The Kier molecular flexibility index (Phi) is 6.14. The van der Waals surface area contributed by atoms with Gasteiger partial charge in [0.2, 0.25) is 5.91 Å². The molecule has 0 aliphatic carbocycles. The highest BCUT2D eigenvalue weighted by atomic mass is 32.2. The number of nitrogens with one attached hydrogen (secondary N) is 1. The number of hydrogen-bond donors (Lipinski definition) is 1. The second-order valence-corrected chi connectivity index (χ2v) is 8.31. The predicted octanol–water partition coefficient (Wildman–Crippen LogP) is 4.91. The van der Waals surface area contributed by atoms with Crippen LogP contribution in [0.3, 0.4) is 0 Å². The van der Waals surface area contributed by atoms with Gasteiger partial charge in [-0.15, -0.1) is 0 Å². The van der Waals surface area contributed by atoms with Crippen molar-refractivity contribution in [1.29, 1.82) is 0 Å². The average molecular weight is 452 g/mol. The molecule has 1 N–H and O–H groups in total. The summed E-state index contributed by atoms with van der Waals surface area (Å²) in [6.45, 7) is 3.78. The van der Waals surface area contributed by atoms with E-state index < -0.39 is 12.0 Å². The number of amidine groups is 1. The summed E-state index contributed by atoms with van der Waals surface area (Å²) in [4.78, 5) is 32.0. The number of carbonyl (C=O) groups is 2. The number of esters is 1. The van der Waals surface area contributed by atoms with Gasteiger partial charge in [-0.25, -0.2) is 14.2 Å². The van der Waals surface area contributed by atoms with Crippen molar-refractivity contribution in [3.63, 3.8) is 0 Å². The predicted molar refractivity (Wildman–Crippen MR) is 123 cm³/mol. The Balaban J connectivity index is 1.67. The maximum atomic E-state index is 13.2. The summed E-state index contributed by atoms with van der Waals surface area (Å²) >= 11 is 1.41. The molecular weight excluding hydrogens is 429 g/mol. The second-order valence-electron chi connectivity index (χ2n) is 7.47. The van der Waals surface area contributed by atoms with Crippen LogP contribution >= 0.6 is 11.8 Å². The Morgan fingerprint density at radius 1 is 1.16 bits per heavy atom. The monoisotopic (exact) mass is 451 g/mol. The van der Waals surface area contributed by atoms with E-state index in [-0.39, 0.29) is 18.1 Å². The number of aliphatic imine (C=N–C) groups is 1. The van der Waals surface area contributed by atoms with Crippen LogP contribution in [0, 0.1) is 12.7 Å². The van der Waals surface area contributed by atoms with Gasteiger partial charge in [-0.3, -0.25) is 4.79 Å². The van der Waals surface area contributed by atoms with Crippen molar-refractivity contribution in [1.82, 2.24) is 4.90 Å². The molecule has 1 atom stereocenters. The van der Waals surface area contributed by atoms with Gasteiger partial charge in [0.1, 0.15) is 5.82 Å². The Labute approximate surface area is 189 Å². The zero-order valence-corrected chi connectivity index (χ0v) is 18.7. The van der Waals surface area contributed by atoms with Crippen LogP contribution in [0.5, 0.6) is 0 Å². The number of halogens is 1. The summed E-state index contributed by atoms with van der Waals surface area (Å²) in [6, 6.07) is 13.0. The molecule has 0 spiro atoms. The molecule has 0 saturated carbocycles. The van der Waals surface area contributed by atoms with E-state index in [1.54, 1.807) is 6.92 Å². The van der Waals surface area contributed by atoms with Gasteiger partial charge in [0.15, 0.2) is 5.17 Å². The molecule has 0 fully saturated rings. The molecule has 2 heterocycles. The normalized spacial score (nSPS) is 17.5. The topological polar surface area (TPSA) is 71.0 Å². The van der Waals surface area contributed by atoms with Gasteiger partial charge in [0, 0.05) is 11.4 Å². The number of carbonyl (C=O) groups excluding carboxylic acids is 2. The molecule has 8 heteroatoms. The van der Waals surface area contributed by atoms with Gasteiger partial charge in [-0.2, -0.15) is 0 Å². The number of benzene rings is 2. The highest BCUT2D eigenvalue weighted by molar-refractivity contribution is 8.16. The van der Waals surface area contributed by atoms with Crippen LogP contribution in [-0.2, 0) is 14.3 Å². The summed E-state index contributed by atoms with van der Waals surface area (Å²) in [5.74, 6) is -1.07. The minimum atomic E-state index is -0.462. The van der Waals surface area contributed by atoms with E-state index in [9.17, 15) is 14.0 Å². The van der Waals surface area contributed by atoms with Crippen LogP contribution in [0.15, 0.2) is 75.9 Å². The summed E-state index contributed by atoms with van der Waals surface area (Å²) in [5, 5.41) is 5.36. The highest BCUT2D eigenvalue weighted by Crippen LogP contribution is 2.45. The third kappa shape index (κ3) is 4.18. The van der Waals surface area contributed by atoms with E-state index in [2.05, 4.69) is 10.3 Å². The van der Waals surface area contributed by atoms with E-state index in [0.29, 0.717) is 22.1 Å². The molecule has 1 amide bonds. The summed E-state index contributed by atoms with van der Waals surface area (Å²) in [5.41, 5.74) is 4.21. The zero-order valence-electron chi connectivity index (χ0n) is 17.9. The molecule has 0 bridgehead atoms. The molecular formula is C24H22FN3O3S.